The molecule has 7 nitrogen and oxygen atoms in total. The maximum Gasteiger partial charge on any atom is 0.337 e. The van der Waals surface area contributed by atoms with Gasteiger partial charge in [0.25, 0.3) is 5.91 Å². The third-order valence-corrected chi connectivity index (χ3v) is 5.52. The highest BCUT2D eigenvalue weighted by Crippen LogP contribution is 2.44. The summed E-state index contributed by atoms with van der Waals surface area (Å²) < 4.78 is 1.46. The van der Waals surface area contributed by atoms with Crippen molar-refractivity contribution >= 4 is 23.1 Å². The first-order valence-corrected chi connectivity index (χ1v) is 8.03. The second-order valence-corrected chi connectivity index (χ2v) is 7.16. The summed E-state index contributed by atoms with van der Waals surface area (Å²) in [5, 5.41) is 16.8. The lowest BCUT2D eigenvalue weighted by molar-refractivity contribution is 0.0696. The van der Waals surface area contributed by atoms with Crippen molar-refractivity contribution < 1.29 is 14.7 Å². The molecule has 1 aliphatic carbocycles. The van der Waals surface area contributed by atoms with E-state index in [1.54, 1.807) is 0 Å². The number of amides is 1. The summed E-state index contributed by atoms with van der Waals surface area (Å²) in [6.07, 6.45) is 4.89. The molecule has 3 rings (SSSR count). The molecule has 2 unspecified atom stereocenters. The number of aromatic carboxylic acids is 1. The summed E-state index contributed by atoms with van der Waals surface area (Å²) in [7, 11) is 0. The molecule has 1 aliphatic rings. The number of carboxylic acids is 1. The minimum atomic E-state index is -1.04. The third kappa shape index (κ3) is 2.50. The van der Waals surface area contributed by atoms with Gasteiger partial charge in [0.2, 0.25) is 0 Å². The Morgan fingerprint density at radius 3 is 2.67 bits per heavy atom. The van der Waals surface area contributed by atoms with Crippen molar-refractivity contribution in [3.8, 4) is 0 Å². The normalized spacial score (nSPS) is 22.6. The Labute approximate surface area is 139 Å². The first kappa shape index (κ1) is 16.3. The predicted molar refractivity (Wildman–Crippen MR) is 90.3 cm³/mol. The van der Waals surface area contributed by atoms with E-state index < -0.39 is 11.9 Å². The Morgan fingerprint density at radius 1 is 1.42 bits per heavy atom. The molecule has 0 radical (unpaired) electrons. The lowest BCUT2D eigenvalue weighted by Crippen LogP contribution is -2.35. The molecule has 0 bridgehead atoms. The number of hydrogen-bond donors (Lipinski definition) is 3. The van der Waals surface area contributed by atoms with Crippen LogP contribution in [0.1, 0.15) is 54.3 Å². The summed E-state index contributed by atoms with van der Waals surface area (Å²) >= 11 is 0. The average Bonchev–Trinajstić information content (AvgIpc) is 3.04. The zero-order valence-corrected chi connectivity index (χ0v) is 14.0. The van der Waals surface area contributed by atoms with Crippen molar-refractivity contribution in [2.75, 3.05) is 5.32 Å². The maximum absolute atomic E-state index is 11.8. The van der Waals surface area contributed by atoms with E-state index in [4.69, 9.17) is 5.73 Å². The quantitative estimate of drug-likeness (QED) is 0.797. The third-order valence-electron chi connectivity index (χ3n) is 5.52. The largest absolute Gasteiger partial charge is 0.478 e. The van der Waals surface area contributed by atoms with Crippen LogP contribution in [-0.2, 0) is 0 Å². The molecular formula is C17H22N4O3. The van der Waals surface area contributed by atoms with Gasteiger partial charge in [0.15, 0.2) is 0 Å². The van der Waals surface area contributed by atoms with E-state index >= 15 is 0 Å². The molecule has 0 aromatic carbocycles. The molecule has 128 valence electrons. The van der Waals surface area contributed by atoms with Crippen LogP contribution in [0, 0.1) is 11.3 Å². The number of nitrogens with two attached hydrogens (primary N) is 1. The van der Waals surface area contributed by atoms with E-state index in [0.717, 1.165) is 12.8 Å². The van der Waals surface area contributed by atoms with Crippen LogP contribution in [0.15, 0.2) is 18.5 Å². The molecule has 0 aliphatic heterocycles. The van der Waals surface area contributed by atoms with Gasteiger partial charge in [0, 0.05) is 12.2 Å². The Kier molecular flexibility index (Phi) is 3.74. The fourth-order valence-electron chi connectivity index (χ4n) is 3.45. The van der Waals surface area contributed by atoms with Crippen LogP contribution in [0.2, 0.25) is 0 Å². The number of primary amides is 1. The van der Waals surface area contributed by atoms with Crippen molar-refractivity contribution in [3.63, 3.8) is 0 Å². The summed E-state index contributed by atoms with van der Waals surface area (Å²) in [5.41, 5.74) is 7.03. The number of fused-ring (bicyclic) bond motifs is 1. The van der Waals surface area contributed by atoms with Crippen LogP contribution >= 0.6 is 0 Å². The number of anilines is 1. The highest BCUT2D eigenvalue weighted by Gasteiger charge is 2.41. The van der Waals surface area contributed by atoms with Crippen LogP contribution in [0.5, 0.6) is 0 Å². The van der Waals surface area contributed by atoms with E-state index in [9.17, 15) is 14.7 Å². The van der Waals surface area contributed by atoms with Crippen molar-refractivity contribution in [1.82, 2.24) is 9.61 Å². The number of nitrogens with zero attached hydrogens (tertiary/aromatic N) is 2. The van der Waals surface area contributed by atoms with Gasteiger partial charge in [0.1, 0.15) is 0 Å². The van der Waals surface area contributed by atoms with Gasteiger partial charge in [-0.15, -0.1) is 0 Å². The van der Waals surface area contributed by atoms with Crippen LogP contribution in [-0.4, -0.2) is 32.6 Å². The van der Waals surface area contributed by atoms with Gasteiger partial charge in [0.05, 0.1) is 28.5 Å². The second kappa shape index (κ2) is 5.51. The Bertz CT molecular complexity index is 825. The van der Waals surface area contributed by atoms with Gasteiger partial charge in [-0.3, -0.25) is 4.79 Å². The minimum absolute atomic E-state index is 0.0530. The molecule has 1 saturated carbocycles. The van der Waals surface area contributed by atoms with Crippen molar-refractivity contribution in [1.29, 1.82) is 0 Å². The number of hydrogen-bond acceptors (Lipinski definition) is 4. The molecule has 2 aromatic rings. The lowest BCUT2D eigenvalue weighted by atomic mass is 9.80. The molecule has 4 N–H and O–H groups in total. The first-order valence-electron chi connectivity index (χ1n) is 8.03. The average molecular weight is 330 g/mol. The lowest BCUT2D eigenvalue weighted by Gasteiger charge is -2.33. The second-order valence-electron chi connectivity index (χ2n) is 7.16. The van der Waals surface area contributed by atoms with E-state index in [2.05, 4.69) is 31.2 Å². The number of aromatic nitrogens is 2. The molecule has 1 amide bonds. The zero-order chi connectivity index (χ0) is 17.6. The molecule has 0 spiro atoms. The molecular weight excluding hydrogens is 308 g/mol. The highest BCUT2D eigenvalue weighted by atomic mass is 16.4. The van der Waals surface area contributed by atoms with E-state index in [0.29, 0.717) is 17.1 Å². The molecule has 1 fully saturated rings. The highest BCUT2D eigenvalue weighted by molar-refractivity contribution is 6.03. The number of carbonyl (C=O) groups excluding carboxylic acids is 1. The van der Waals surface area contributed by atoms with Gasteiger partial charge in [-0.1, -0.05) is 20.8 Å². The molecule has 2 aromatic heterocycles. The predicted octanol–water partition coefficient (Wildman–Crippen LogP) is 2.37. The SMILES string of the molecule is CC1CCC(Nc2c(C(N)=O)cnn3cc(C(=O)O)cc23)C1(C)C. The maximum atomic E-state index is 11.8. The Balaban J connectivity index is 2.11. The van der Waals surface area contributed by atoms with E-state index in [1.807, 2.05) is 0 Å². The minimum Gasteiger partial charge on any atom is -0.478 e. The molecule has 0 saturated heterocycles. The van der Waals surface area contributed by atoms with Crippen LogP contribution in [0.25, 0.3) is 5.52 Å². The van der Waals surface area contributed by atoms with Gasteiger partial charge < -0.3 is 16.2 Å². The number of carboxylic acid groups (broad SMARTS) is 1. The molecule has 2 heterocycles. The van der Waals surface area contributed by atoms with Gasteiger partial charge >= 0.3 is 5.97 Å². The van der Waals surface area contributed by atoms with Gasteiger partial charge in [-0.05, 0) is 30.2 Å². The number of nitrogens with one attached hydrogen (secondary N) is 1. The smallest absolute Gasteiger partial charge is 0.337 e. The summed E-state index contributed by atoms with van der Waals surface area (Å²) in [6, 6.07) is 1.68. The molecule has 24 heavy (non-hydrogen) atoms. The summed E-state index contributed by atoms with van der Waals surface area (Å²) in [6.45, 7) is 6.62. The summed E-state index contributed by atoms with van der Waals surface area (Å²) in [4.78, 5) is 23.1. The van der Waals surface area contributed by atoms with E-state index in [-0.39, 0.29) is 22.6 Å². The van der Waals surface area contributed by atoms with Crippen LogP contribution < -0.4 is 11.1 Å². The monoisotopic (exact) mass is 330 g/mol. The fourth-order valence-corrected chi connectivity index (χ4v) is 3.45. The van der Waals surface area contributed by atoms with Crippen molar-refractivity contribution in [3.05, 3.63) is 29.6 Å². The van der Waals surface area contributed by atoms with Crippen molar-refractivity contribution in [2.24, 2.45) is 17.1 Å². The zero-order valence-electron chi connectivity index (χ0n) is 14.0. The van der Waals surface area contributed by atoms with Crippen LogP contribution in [0.4, 0.5) is 5.69 Å². The molecule has 7 heteroatoms. The summed E-state index contributed by atoms with van der Waals surface area (Å²) in [5.74, 6) is -1.08. The van der Waals surface area contributed by atoms with Crippen LogP contribution in [0.3, 0.4) is 0 Å². The Morgan fingerprint density at radius 2 is 2.12 bits per heavy atom. The number of rotatable bonds is 4. The fraction of sp³-hybridized carbons (Fsp3) is 0.471. The van der Waals surface area contributed by atoms with Gasteiger partial charge in [-0.25, -0.2) is 9.31 Å². The van der Waals surface area contributed by atoms with E-state index in [1.165, 1.54) is 23.0 Å². The van der Waals surface area contributed by atoms with Crippen molar-refractivity contribution in [2.45, 2.75) is 39.7 Å². The number of carbonyl (C=O) groups is 2. The Hall–Kier alpha value is -2.57. The molecule has 2 atom stereocenters. The standard InChI is InChI=1S/C17H22N4O3/c1-9-4-5-13(17(9,2)3)20-14-11(15(18)22)7-19-21-8-10(16(23)24)6-12(14)21/h6-9,13,20H,4-5H2,1-3H3,(H2,18,22)(H,23,24). The topological polar surface area (TPSA) is 110 Å². The van der Waals surface area contributed by atoms with Gasteiger partial charge in [-0.2, -0.15) is 5.10 Å². The first-order chi connectivity index (χ1) is 11.2.